The molecule has 0 radical (unpaired) electrons. The molecule has 0 spiro atoms. The van der Waals surface area contributed by atoms with Crippen molar-refractivity contribution in [3.63, 3.8) is 0 Å². The monoisotopic (exact) mass is 365 g/mol. The molecule has 7 nitrogen and oxygen atoms in total. The van der Waals surface area contributed by atoms with Crippen LogP contribution in [0.1, 0.15) is 25.7 Å². The van der Waals surface area contributed by atoms with Crippen LogP contribution in [-0.2, 0) is 4.79 Å². The highest BCUT2D eigenvalue weighted by Crippen LogP contribution is 2.22. The number of amides is 3. The number of carbonyl (C=O) groups is 2. The Labute approximate surface area is 158 Å². The molecule has 2 saturated heterocycles. The summed E-state index contributed by atoms with van der Waals surface area (Å²) in [6.07, 6.45) is 6.55. The number of hydrogen-bond donors (Lipinski definition) is 1. The van der Waals surface area contributed by atoms with E-state index >= 15 is 0 Å². The summed E-state index contributed by atoms with van der Waals surface area (Å²) in [5.41, 5.74) is 1.52. The molecule has 2 aromatic rings. The van der Waals surface area contributed by atoms with Gasteiger partial charge in [0.2, 0.25) is 5.91 Å². The lowest BCUT2D eigenvalue weighted by molar-refractivity contribution is -0.130. The van der Waals surface area contributed by atoms with Crippen molar-refractivity contribution in [1.82, 2.24) is 19.8 Å². The molecule has 3 amide bonds. The van der Waals surface area contributed by atoms with E-state index in [1.165, 1.54) is 0 Å². The number of rotatable bonds is 3. The van der Waals surface area contributed by atoms with Crippen molar-refractivity contribution in [2.24, 2.45) is 0 Å². The van der Waals surface area contributed by atoms with Gasteiger partial charge in [-0.15, -0.1) is 0 Å². The Morgan fingerprint density at radius 2 is 1.74 bits per heavy atom. The molecule has 3 heterocycles. The molecule has 0 atom stereocenters. The Bertz CT molecular complexity index is 801. The molecule has 2 aliphatic rings. The predicted octanol–water partition coefficient (Wildman–Crippen LogP) is 2.76. The number of likely N-dealkylation sites (tertiary alicyclic amines) is 2. The number of carbonyl (C=O) groups excluding carboxylic acids is 2. The van der Waals surface area contributed by atoms with Gasteiger partial charge in [-0.1, -0.05) is 30.3 Å². The molecule has 2 fully saturated rings. The molecule has 2 aliphatic heterocycles. The second kappa shape index (κ2) is 7.73. The standard InChI is InChI=1S/C20H23N5O2/c26-18-7-4-10-25(18)17-8-11-24(12-9-17)20(27)23-16-13-21-19(22-14-16)15-5-2-1-3-6-15/h1-3,5-6,13-14,17H,4,7-12H2,(H,23,27). The van der Waals surface area contributed by atoms with Crippen molar-refractivity contribution in [3.8, 4) is 11.4 Å². The summed E-state index contributed by atoms with van der Waals surface area (Å²) >= 11 is 0. The Morgan fingerprint density at radius 3 is 2.37 bits per heavy atom. The SMILES string of the molecule is O=C(Nc1cnc(-c2ccccc2)nc1)N1CCC(N2CCCC2=O)CC1. The van der Waals surface area contributed by atoms with Gasteiger partial charge in [0.25, 0.3) is 0 Å². The number of nitrogens with one attached hydrogen (secondary N) is 1. The fraction of sp³-hybridized carbons (Fsp3) is 0.400. The van der Waals surface area contributed by atoms with E-state index in [-0.39, 0.29) is 18.0 Å². The first-order valence-electron chi connectivity index (χ1n) is 9.43. The van der Waals surface area contributed by atoms with Gasteiger partial charge in [0.1, 0.15) is 0 Å². The third-order valence-corrected chi connectivity index (χ3v) is 5.24. The average Bonchev–Trinajstić information content (AvgIpc) is 3.15. The first kappa shape index (κ1) is 17.5. The van der Waals surface area contributed by atoms with Gasteiger partial charge in [-0.05, 0) is 19.3 Å². The number of benzene rings is 1. The van der Waals surface area contributed by atoms with Gasteiger partial charge < -0.3 is 15.1 Å². The van der Waals surface area contributed by atoms with Crippen molar-refractivity contribution in [1.29, 1.82) is 0 Å². The minimum Gasteiger partial charge on any atom is -0.340 e. The highest BCUT2D eigenvalue weighted by atomic mass is 16.2. The van der Waals surface area contributed by atoms with Crippen molar-refractivity contribution in [2.75, 3.05) is 25.0 Å². The van der Waals surface area contributed by atoms with E-state index in [1.807, 2.05) is 35.2 Å². The summed E-state index contributed by atoms with van der Waals surface area (Å²) < 4.78 is 0. The molecule has 0 unspecified atom stereocenters. The van der Waals surface area contributed by atoms with Crippen LogP contribution in [0.4, 0.5) is 10.5 Å². The average molecular weight is 365 g/mol. The molecule has 0 bridgehead atoms. The summed E-state index contributed by atoms with van der Waals surface area (Å²) in [5.74, 6) is 0.887. The fourth-order valence-electron chi connectivity index (χ4n) is 3.77. The maximum absolute atomic E-state index is 12.5. The van der Waals surface area contributed by atoms with Crippen LogP contribution in [0.3, 0.4) is 0 Å². The molecule has 0 aliphatic carbocycles. The molecular weight excluding hydrogens is 342 g/mol. The zero-order valence-corrected chi connectivity index (χ0v) is 15.2. The normalized spacial score (nSPS) is 18.0. The zero-order chi connectivity index (χ0) is 18.6. The van der Waals surface area contributed by atoms with Crippen LogP contribution in [-0.4, -0.2) is 57.4 Å². The van der Waals surface area contributed by atoms with Crippen molar-refractivity contribution in [2.45, 2.75) is 31.7 Å². The lowest BCUT2D eigenvalue weighted by atomic mass is 10.0. The molecule has 27 heavy (non-hydrogen) atoms. The maximum Gasteiger partial charge on any atom is 0.321 e. The first-order valence-corrected chi connectivity index (χ1v) is 9.43. The van der Waals surface area contributed by atoms with E-state index in [2.05, 4.69) is 15.3 Å². The van der Waals surface area contributed by atoms with Crippen LogP contribution in [0.2, 0.25) is 0 Å². The van der Waals surface area contributed by atoms with Gasteiger partial charge in [0.05, 0.1) is 18.1 Å². The molecule has 0 saturated carbocycles. The van der Waals surface area contributed by atoms with Crippen LogP contribution in [0.15, 0.2) is 42.7 Å². The second-order valence-corrected chi connectivity index (χ2v) is 7.00. The van der Waals surface area contributed by atoms with Gasteiger partial charge in [-0.2, -0.15) is 0 Å². The zero-order valence-electron chi connectivity index (χ0n) is 15.2. The van der Waals surface area contributed by atoms with Crippen LogP contribution in [0.5, 0.6) is 0 Å². The van der Waals surface area contributed by atoms with E-state index in [1.54, 1.807) is 17.3 Å². The Kier molecular flexibility index (Phi) is 5.00. The number of aromatic nitrogens is 2. The van der Waals surface area contributed by atoms with Crippen LogP contribution in [0, 0.1) is 0 Å². The van der Waals surface area contributed by atoms with Crippen LogP contribution >= 0.6 is 0 Å². The fourth-order valence-corrected chi connectivity index (χ4v) is 3.77. The van der Waals surface area contributed by atoms with Crippen LogP contribution < -0.4 is 5.32 Å². The Morgan fingerprint density at radius 1 is 1.04 bits per heavy atom. The largest absolute Gasteiger partial charge is 0.340 e. The summed E-state index contributed by atoms with van der Waals surface area (Å²) in [6, 6.07) is 9.85. The molecule has 1 aromatic heterocycles. The summed E-state index contributed by atoms with van der Waals surface area (Å²) in [4.78, 5) is 36.8. The van der Waals surface area contributed by atoms with Gasteiger partial charge in [0.15, 0.2) is 5.82 Å². The summed E-state index contributed by atoms with van der Waals surface area (Å²) in [7, 11) is 0. The smallest absolute Gasteiger partial charge is 0.321 e. The quantitative estimate of drug-likeness (QED) is 0.907. The van der Waals surface area contributed by atoms with Crippen LogP contribution in [0.25, 0.3) is 11.4 Å². The maximum atomic E-state index is 12.5. The van der Waals surface area contributed by atoms with Gasteiger partial charge in [-0.3, -0.25) is 4.79 Å². The van der Waals surface area contributed by atoms with Gasteiger partial charge in [-0.25, -0.2) is 14.8 Å². The number of nitrogens with zero attached hydrogens (tertiary/aromatic N) is 4. The number of piperidine rings is 1. The lowest BCUT2D eigenvalue weighted by Gasteiger charge is -2.36. The van der Waals surface area contributed by atoms with E-state index in [4.69, 9.17) is 0 Å². The second-order valence-electron chi connectivity index (χ2n) is 7.00. The van der Waals surface area contributed by atoms with Gasteiger partial charge in [0, 0.05) is 37.7 Å². The topological polar surface area (TPSA) is 78.4 Å². The third kappa shape index (κ3) is 3.92. The van der Waals surface area contributed by atoms with Gasteiger partial charge >= 0.3 is 6.03 Å². The van der Waals surface area contributed by atoms with E-state index < -0.39 is 0 Å². The Balaban J connectivity index is 1.31. The van der Waals surface area contributed by atoms with Crippen molar-refractivity contribution >= 4 is 17.6 Å². The van der Waals surface area contributed by atoms with Crippen molar-refractivity contribution < 1.29 is 9.59 Å². The molecule has 1 aromatic carbocycles. The molecule has 140 valence electrons. The molecular formula is C20H23N5O2. The highest BCUT2D eigenvalue weighted by molar-refractivity contribution is 5.89. The number of urea groups is 1. The van der Waals surface area contributed by atoms with E-state index in [0.717, 1.165) is 31.4 Å². The van der Waals surface area contributed by atoms with Crippen molar-refractivity contribution in [3.05, 3.63) is 42.7 Å². The first-order chi connectivity index (χ1) is 13.2. The number of hydrogen-bond acceptors (Lipinski definition) is 4. The van der Waals surface area contributed by atoms with E-state index in [0.29, 0.717) is 31.0 Å². The molecule has 1 N–H and O–H groups in total. The third-order valence-electron chi connectivity index (χ3n) is 5.24. The molecule has 7 heteroatoms. The minimum absolute atomic E-state index is 0.141. The summed E-state index contributed by atoms with van der Waals surface area (Å²) in [5, 5.41) is 2.86. The predicted molar refractivity (Wildman–Crippen MR) is 102 cm³/mol. The summed E-state index contributed by atoms with van der Waals surface area (Å²) in [6.45, 7) is 2.17. The lowest BCUT2D eigenvalue weighted by Crippen LogP contribution is -2.48. The van der Waals surface area contributed by atoms with E-state index in [9.17, 15) is 9.59 Å². The molecule has 4 rings (SSSR count). The Hall–Kier alpha value is -2.96. The number of anilines is 1. The highest BCUT2D eigenvalue weighted by Gasteiger charge is 2.31. The minimum atomic E-state index is -0.141.